The van der Waals surface area contributed by atoms with Gasteiger partial charge in [0.2, 0.25) is 0 Å². The lowest BCUT2D eigenvalue weighted by Gasteiger charge is -2.36. The molecule has 0 amide bonds. The van der Waals surface area contributed by atoms with Gasteiger partial charge in [-0.2, -0.15) is 0 Å². The molecule has 0 aromatic rings. The van der Waals surface area contributed by atoms with Crippen molar-refractivity contribution in [1.82, 2.24) is 0 Å². The zero-order valence-corrected chi connectivity index (χ0v) is 16.4. The topological polar surface area (TPSA) is 52.6 Å². The van der Waals surface area contributed by atoms with Crippen LogP contribution in [0, 0.1) is 0 Å². The van der Waals surface area contributed by atoms with Crippen molar-refractivity contribution in [3.63, 3.8) is 0 Å². The number of ether oxygens (including phenoxy) is 1. The Balaban J connectivity index is 4.78. The fourth-order valence-corrected chi connectivity index (χ4v) is 2.38. The number of carbonyl (C=O) groups excluding carboxylic acids is 2. The van der Waals surface area contributed by atoms with Gasteiger partial charge in [0.25, 0.3) is 0 Å². The van der Waals surface area contributed by atoms with E-state index in [4.69, 9.17) is 9.16 Å². The van der Waals surface area contributed by atoms with Gasteiger partial charge in [0.05, 0.1) is 18.8 Å². The van der Waals surface area contributed by atoms with Crippen molar-refractivity contribution < 1.29 is 18.8 Å². The highest BCUT2D eigenvalue weighted by molar-refractivity contribution is 6.74. The Morgan fingerprint density at radius 1 is 1.17 bits per heavy atom. The number of hydrogen-bond acceptors (Lipinski definition) is 4. The van der Waals surface area contributed by atoms with Crippen LogP contribution in [-0.4, -0.2) is 33.8 Å². The van der Waals surface area contributed by atoms with Gasteiger partial charge in [-0.3, -0.25) is 4.79 Å². The maximum atomic E-state index is 11.6. The molecule has 0 aliphatic rings. The van der Waals surface area contributed by atoms with Crippen LogP contribution in [0.4, 0.5) is 0 Å². The summed E-state index contributed by atoms with van der Waals surface area (Å²) in [6, 6.07) is 0. The van der Waals surface area contributed by atoms with Crippen LogP contribution >= 0.6 is 0 Å². The first kappa shape index (κ1) is 21.5. The summed E-state index contributed by atoms with van der Waals surface area (Å²) in [5.74, 6) is -0.501. The van der Waals surface area contributed by atoms with Crippen molar-refractivity contribution >= 4 is 20.6 Å². The number of esters is 1. The van der Waals surface area contributed by atoms with Gasteiger partial charge in [0.1, 0.15) is 6.29 Å². The number of allylic oxidation sites excluding steroid dienone is 3. The van der Waals surface area contributed by atoms with E-state index in [0.717, 1.165) is 5.57 Å². The highest BCUT2D eigenvalue weighted by Gasteiger charge is 2.36. The van der Waals surface area contributed by atoms with Gasteiger partial charge in [-0.1, -0.05) is 32.9 Å². The van der Waals surface area contributed by atoms with E-state index in [1.807, 2.05) is 13.0 Å². The van der Waals surface area contributed by atoms with E-state index in [1.54, 1.807) is 19.1 Å². The molecule has 0 aliphatic carbocycles. The van der Waals surface area contributed by atoms with Gasteiger partial charge < -0.3 is 9.16 Å². The van der Waals surface area contributed by atoms with E-state index < -0.39 is 14.3 Å². The molecule has 0 aromatic heterocycles. The summed E-state index contributed by atoms with van der Waals surface area (Å²) in [5, 5.41) is 0.174. The van der Waals surface area contributed by atoms with Gasteiger partial charge in [-0.15, -0.1) is 0 Å². The van der Waals surface area contributed by atoms with Gasteiger partial charge >= 0.3 is 5.97 Å². The molecule has 0 heterocycles. The standard InChI is InChI=1S/C18H30O4Si/c1-8-21-17(20)16(12-13-19)11-9-10-15(2)14-22-23(6,7)18(3,4)5/h9-13H,8,14H2,1-7H3/b11-9+,15-10+,16-12-. The van der Waals surface area contributed by atoms with Gasteiger partial charge in [-0.25, -0.2) is 4.79 Å². The van der Waals surface area contributed by atoms with Gasteiger partial charge in [0, 0.05) is 0 Å². The minimum atomic E-state index is -1.77. The number of hydrogen-bond donors (Lipinski definition) is 0. The summed E-state index contributed by atoms with van der Waals surface area (Å²) in [4.78, 5) is 22.2. The van der Waals surface area contributed by atoms with E-state index in [9.17, 15) is 9.59 Å². The summed E-state index contributed by atoms with van der Waals surface area (Å²) in [5.41, 5.74) is 1.29. The van der Waals surface area contributed by atoms with Gasteiger partial charge in [-0.05, 0) is 49.7 Å². The Hall–Kier alpha value is -1.46. The van der Waals surface area contributed by atoms with Crippen LogP contribution in [-0.2, 0) is 18.8 Å². The van der Waals surface area contributed by atoms with Crippen molar-refractivity contribution in [3.8, 4) is 0 Å². The lowest BCUT2D eigenvalue weighted by atomic mass is 10.2. The molecule has 0 aliphatic heterocycles. The third kappa shape index (κ3) is 8.09. The molecule has 0 fully saturated rings. The van der Waals surface area contributed by atoms with Crippen LogP contribution in [0.3, 0.4) is 0 Å². The summed E-state index contributed by atoms with van der Waals surface area (Å²) in [7, 11) is -1.77. The number of rotatable bonds is 8. The lowest BCUT2D eigenvalue weighted by molar-refractivity contribution is -0.138. The average Bonchev–Trinajstić information content (AvgIpc) is 2.43. The van der Waals surface area contributed by atoms with Crippen molar-refractivity contribution in [2.24, 2.45) is 0 Å². The fraction of sp³-hybridized carbons (Fsp3) is 0.556. The van der Waals surface area contributed by atoms with Crippen molar-refractivity contribution in [2.45, 2.75) is 52.8 Å². The van der Waals surface area contributed by atoms with Crippen molar-refractivity contribution in [1.29, 1.82) is 0 Å². The first-order valence-corrected chi connectivity index (χ1v) is 10.8. The second-order valence-electron chi connectivity index (χ2n) is 6.90. The SMILES string of the molecule is CCOC(=O)C(=C\C=O)/C=C/C=C(\C)CO[Si](C)(C)C(C)(C)C. The maximum absolute atomic E-state index is 11.6. The molecule has 4 nitrogen and oxygen atoms in total. The fourth-order valence-electron chi connectivity index (χ4n) is 1.35. The minimum Gasteiger partial charge on any atom is -0.462 e. The molecule has 0 radical (unpaired) electrons. The predicted molar refractivity (Wildman–Crippen MR) is 96.8 cm³/mol. The third-order valence-corrected chi connectivity index (χ3v) is 8.36. The van der Waals surface area contributed by atoms with Crippen LogP contribution in [0.25, 0.3) is 0 Å². The normalized spacial score (nSPS) is 14.2. The molecule has 130 valence electrons. The highest BCUT2D eigenvalue weighted by Crippen LogP contribution is 2.36. The Kier molecular flexibility index (Phi) is 9.01. The Morgan fingerprint density at radius 3 is 2.26 bits per heavy atom. The molecule has 0 spiro atoms. The molecule has 0 N–H and O–H groups in total. The summed E-state index contributed by atoms with van der Waals surface area (Å²) >= 11 is 0. The van der Waals surface area contributed by atoms with E-state index in [0.29, 0.717) is 12.9 Å². The first-order valence-electron chi connectivity index (χ1n) is 7.85. The molecule has 0 saturated heterocycles. The van der Waals surface area contributed by atoms with Crippen LogP contribution in [0.1, 0.15) is 34.6 Å². The smallest absolute Gasteiger partial charge is 0.338 e. The summed E-state index contributed by atoms with van der Waals surface area (Å²) in [6.45, 7) is 15.6. The summed E-state index contributed by atoms with van der Waals surface area (Å²) < 4.78 is 11.0. The molecule has 0 saturated carbocycles. The van der Waals surface area contributed by atoms with E-state index in [1.165, 1.54) is 6.08 Å². The molecule has 0 aromatic carbocycles. The van der Waals surface area contributed by atoms with Crippen molar-refractivity contribution in [3.05, 3.63) is 35.5 Å². The predicted octanol–water partition coefficient (Wildman–Crippen LogP) is 4.20. The largest absolute Gasteiger partial charge is 0.462 e. The molecule has 23 heavy (non-hydrogen) atoms. The van der Waals surface area contributed by atoms with E-state index >= 15 is 0 Å². The monoisotopic (exact) mass is 338 g/mol. The minimum absolute atomic E-state index is 0.174. The third-order valence-electron chi connectivity index (χ3n) is 3.88. The van der Waals surface area contributed by atoms with Crippen LogP contribution in [0.5, 0.6) is 0 Å². The molecule has 5 heteroatoms. The number of aldehydes is 1. The Bertz CT molecular complexity index is 494. The first-order chi connectivity index (χ1) is 10.5. The van der Waals surface area contributed by atoms with Crippen LogP contribution in [0.2, 0.25) is 18.1 Å². The Morgan fingerprint density at radius 2 is 1.78 bits per heavy atom. The molecule has 0 atom stereocenters. The van der Waals surface area contributed by atoms with E-state index in [-0.39, 0.29) is 17.2 Å². The van der Waals surface area contributed by atoms with Gasteiger partial charge in [0.15, 0.2) is 8.32 Å². The molecule has 0 bridgehead atoms. The summed E-state index contributed by atoms with van der Waals surface area (Å²) in [6.07, 6.45) is 6.96. The van der Waals surface area contributed by atoms with Crippen LogP contribution < -0.4 is 0 Å². The second kappa shape index (κ2) is 9.63. The maximum Gasteiger partial charge on any atom is 0.338 e. The van der Waals surface area contributed by atoms with Crippen molar-refractivity contribution in [2.75, 3.05) is 13.2 Å². The average molecular weight is 339 g/mol. The zero-order chi connectivity index (χ0) is 18.1. The zero-order valence-electron chi connectivity index (χ0n) is 15.4. The quantitative estimate of drug-likeness (QED) is 0.219. The lowest BCUT2D eigenvalue weighted by Crippen LogP contribution is -2.41. The second-order valence-corrected chi connectivity index (χ2v) is 11.7. The Labute approximate surface area is 141 Å². The molecule has 0 unspecified atom stereocenters. The molecular weight excluding hydrogens is 308 g/mol. The number of carbonyl (C=O) groups is 2. The molecule has 0 rings (SSSR count). The highest BCUT2D eigenvalue weighted by atomic mass is 28.4. The van der Waals surface area contributed by atoms with Crippen LogP contribution in [0.15, 0.2) is 35.5 Å². The van der Waals surface area contributed by atoms with E-state index in [2.05, 4.69) is 33.9 Å². The molecular formula is C18H30O4Si.